The maximum absolute atomic E-state index is 13.2. The third-order valence-corrected chi connectivity index (χ3v) is 7.71. The van der Waals surface area contributed by atoms with Crippen LogP contribution in [0.25, 0.3) is 0 Å². The third-order valence-electron chi connectivity index (χ3n) is 3.74. The van der Waals surface area contributed by atoms with E-state index in [1.54, 1.807) is 13.8 Å². The second kappa shape index (κ2) is 7.27. The predicted molar refractivity (Wildman–Crippen MR) is 80.9 cm³/mol. The minimum absolute atomic E-state index is 0.0904. The van der Waals surface area contributed by atoms with Gasteiger partial charge in [-0.25, -0.2) is 0 Å². The minimum atomic E-state index is -2.91. The van der Waals surface area contributed by atoms with Gasteiger partial charge in [-0.3, -0.25) is 14.4 Å². The van der Waals surface area contributed by atoms with E-state index in [1.807, 2.05) is 0 Å². The van der Waals surface area contributed by atoms with Crippen molar-refractivity contribution in [3.05, 3.63) is 0 Å². The van der Waals surface area contributed by atoms with Crippen molar-refractivity contribution in [3.8, 4) is 0 Å². The fourth-order valence-electron chi connectivity index (χ4n) is 2.69. The summed E-state index contributed by atoms with van der Waals surface area (Å²) in [6.07, 6.45) is -0.416. The Morgan fingerprint density at radius 3 is 2.05 bits per heavy atom. The number of nitrogens with one attached hydrogen (secondary N) is 1. The van der Waals surface area contributed by atoms with Crippen molar-refractivity contribution < 1.29 is 28.4 Å². The zero-order valence-electron chi connectivity index (χ0n) is 13.6. The molecule has 0 radical (unpaired) electrons. The molecule has 0 aromatic rings. The number of esters is 2. The lowest BCUT2D eigenvalue weighted by molar-refractivity contribution is -0.151. The van der Waals surface area contributed by atoms with Gasteiger partial charge in [-0.15, -0.1) is 0 Å². The SMILES string of the molecule is CC(=O)N[C@H]1C[C@H](OC(C)=O)[P@](=O)(C(C)C)C[C@H]1OC(C)=O. The summed E-state index contributed by atoms with van der Waals surface area (Å²) in [5, 5.41) is 2.69. The smallest absolute Gasteiger partial charge is 0.303 e. The number of ether oxygens (including phenoxy) is 2. The van der Waals surface area contributed by atoms with Crippen molar-refractivity contribution >= 4 is 25.0 Å². The number of hydrogen-bond acceptors (Lipinski definition) is 6. The van der Waals surface area contributed by atoms with E-state index in [-0.39, 0.29) is 24.1 Å². The Hall–Kier alpha value is -1.36. The van der Waals surface area contributed by atoms with Crippen LogP contribution < -0.4 is 5.32 Å². The van der Waals surface area contributed by atoms with E-state index in [0.717, 1.165) is 0 Å². The van der Waals surface area contributed by atoms with Crippen molar-refractivity contribution in [3.63, 3.8) is 0 Å². The molecule has 0 spiro atoms. The van der Waals surface area contributed by atoms with E-state index in [9.17, 15) is 18.9 Å². The molecule has 1 N–H and O–H groups in total. The number of hydrogen-bond donors (Lipinski definition) is 1. The average molecular weight is 333 g/mol. The Kier molecular flexibility index (Phi) is 6.17. The molecule has 0 saturated carbocycles. The quantitative estimate of drug-likeness (QED) is 0.618. The van der Waals surface area contributed by atoms with Crippen LogP contribution in [-0.2, 0) is 28.4 Å². The Balaban J connectivity index is 3.10. The molecule has 0 bridgehead atoms. The molecule has 8 heteroatoms. The molecule has 4 atom stereocenters. The summed E-state index contributed by atoms with van der Waals surface area (Å²) in [6.45, 7) is 7.46. The van der Waals surface area contributed by atoms with Crippen molar-refractivity contribution in [2.75, 3.05) is 6.16 Å². The lowest BCUT2D eigenvalue weighted by Crippen LogP contribution is -2.52. The molecule has 1 heterocycles. The first-order valence-electron chi connectivity index (χ1n) is 7.26. The fraction of sp³-hybridized carbons (Fsp3) is 0.786. The highest BCUT2D eigenvalue weighted by atomic mass is 31.2. The van der Waals surface area contributed by atoms with E-state index in [0.29, 0.717) is 0 Å². The van der Waals surface area contributed by atoms with E-state index in [4.69, 9.17) is 9.47 Å². The number of rotatable bonds is 4. The van der Waals surface area contributed by atoms with Gasteiger partial charge in [-0.2, -0.15) is 0 Å². The third kappa shape index (κ3) is 4.57. The van der Waals surface area contributed by atoms with E-state index in [1.165, 1.54) is 20.8 Å². The normalized spacial score (nSPS) is 31.5. The van der Waals surface area contributed by atoms with Gasteiger partial charge in [-0.05, 0) is 0 Å². The topological polar surface area (TPSA) is 98.8 Å². The molecule has 7 nitrogen and oxygen atoms in total. The predicted octanol–water partition coefficient (Wildman–Crippen LogP) is 1.49. The van der Waals surface area contributed by atoms with Gasteiger partial charge in [0.2, 0.25) is 5.91 Å². The van der Waals surface area contributed by atoms with Gasteiger partial charge in [-0.1, -0.05) is 13.8 Å². The number of carbonyl (C=O) groups excluding carboxylic acids is 3. The van der Waals surface area contributed by atoms with Crippen molar-refractivity contribution in [2.24, 2.45) is 0 Å². The van der Waals surface area contributed by atoms with Gasteiger partial charge in [0.15, 0.2) is 5.85 Å². The molecular formula is C14H24NO6P. The summed E-state index contributed by atoms with van der Waals surface area (Å²) in [7, 11) is -2.91. The van der Waals surface area contributed by atoms with Crippen LogP contribution in [0.4, 0.5) is 0 Å². The Labute approximate surface area is 130 Å². The van der Waals surface area contributed by atoms with Gasteiger partial charge < -0.3 is 19.4 Å². The van der Waals surface area contributed by atoms with E-state index in [2.05, 4.69) is 5.32 Å². The molecule has 0 aromatic heterocycles. The summed E-state index contributed by atoms with van der Waals surface area (Å²) in [5.41, 5.74) is -0.215. The monoisotopic (exact) mass is 333 g/mol. The van der Waals surface area contributed by atoms with Crippen LogP contribution in [0, 0.1) is 0 Å². The molecular weight excluding hydrogens is 309 g/mol. The second-order valence-corrected chi connectivity index (χ2v) is 9.57. The molecule has 1 aliphatic heterocycles. The maximum atomic E-state index is 13.2. The van der Waals surface area contributed by atoms with Crippen molar-refractivity contribution in [2.45, 2.75) is 64.7 Å². The largest absolute Gasteiger partial charge is 0.460 e. The molecule has 1 amide bonds. The molecule has 126 valence electrons. The first-order chi connectivity index (χ1) is 10.1. The molecule has 0 aliphatic carbocycles. The Morgan fingerprint density at radius 2 is 1.64 bits per heavy atom. The molecule has 1 rings (SSSR count). The molecule has 1 fully saturated rings. The van der Waals surface area contributed by atoms with Gasteiger partial charge in [0.05, 0.1) is 6.04 Å². The van der Waals surface area contributed by atoms with Gasteiger partial charge >= 0.3 is 11.9 Å². The summed E-state index contributed by atoms with van der Waals surface area (Å²) in [6, 6.07) is -0.522. The lowest BCUT2D eigenvalue weighted by Gasteiger charge is -2.41. The standard InChI is InChI=1S/C14H24NO6P/c1-8(2)22(19)7-13(20-10(4)17)12(15-9(3)16)6-14(22)21-11(5)18/h8,12-14H,6-7H2,1-5H3,(H,15,16)/t12-,13+,14+,22+/m0/s1. The second-order valence-electron chi connectivity index (χ2n) is 5.89. The van der Waals surface area contributed by atoms with Crippen LogP contribution in [0.2, 0.25) is 0 Å². The van der Waals surface area contributed by atoms with E-state index < -0.39 is 37.1 Å². The lowest BCUT2D eigenvalue weighted by atomic mass is 10.1. The number of amides is 1. The van der Waals surface area contributed by atoms with Crippen LogP contribution >= 0.6 is 7.14 Å². The Bertz CT molecular complexity index is 504. The maximum Gasteiger partial charge on any atom is 0.303 e. The number of carbonyl (C=O) groups is 3. The highest BCUT2D eigenvalue weighted by Crippen LogP contribution is 2.60. The van der Waals surface area contributed by atoms with Crippen LogP contribution in [0.15, 0.2) is 0 Å². The Morgan fingerprint density at radius 1 is 1.09 bits per heavy atom. The van der Waals surface area contributed by atoms with Gasteiger partial charge in [0.1, 0.15) is 13.2 Å². The molecule has 0 aromatic carbocycles. The zero-order valence-corrected chi connectivity index (χ0v) is 14.5. The highest BCUT2D eigenvalue weighted by molar-refractivity contribution is 7.65. The molecule has 1 aliphatic rings. The highest BCUT2D eigenvalue weighted by Gasteiger charge is 2.49. The minimum Gasteiger partial charge on any atom is -0.460 e. The molecule has 0 unspecified atom stereocenters. The first kappa shape index (κ1) is 18.7. The summed E-state index contributed by atoms with van der Waals surface area (Å²) in [5.74, 6) is -2.07. The summed E-state index contributed by atoms with van der Waals surface area (Å²) >= 11 is 0. The van der Waals surface area contributed by atoms with Crippen LogP contribution in [0.5, 0.6) is 0 Å². The average Bonchev–Trinajstić information content (AvgIpc) is 2.32. The molecule has 1 saturated heterocycles. The molecule has 22 heavy (non-hydrogen) atoms. The van der Waals surface area contributed by atoms with Crippen molar-refractivity contribution in [1.29, 1.82) is 0 Å². The summed E-state index contributed by atoms with van der Waals surface area (Å²) in [4.78, 5) is 33.9. The van der Waals surface area contributed by atoms with Crippen molar-refractivity contribution in [1.82, 2.24) is 5.32 Å². The first-order valence-corrected chi connectivity index (χ1v) is 9.29. The zero-order chi connectivity index (χ0) is 17.1. The van der Waals surface area contributed by atoms with Crippen LogP contribution in [-0.4, -0.2) is 47.7 Å². The van der Waals surface area contributed by atoms with Gasteiger partial charge in [0.25, 0.3) is 0 Å². The fourth-order valence-corrected chi connectivity index (χ4v) is 5.82. The van der Waals surface area contributed by atoms with Crippen LogP contribution in [0.3, 0.4) is 0 Å². The van der Waals surface area contributed by atoms with E-state index >= 15 is 0 Å². The van der Waals surface area contributed by atoms with Gasteiger partial charge in [0, 0.05) is 39.0 Å². The summed E-state index contributed by atoms with van der Waals surface area (Å²) < 4.78 is 23.7. The van der Waals surface area contributed by atoms with Crippen LogP contribution in [0.1, 0.15) is 41.0 Å².